The van der Waals surface area contributed by atoms with Crippen molar-refractivity contribution in [1.82, 2.24) is 0 Å². The number of nitrogens with two attached hydrogens (primary N) is 1. The van der Waals surface area contributed by atoms with Gasteiger partial charge in [0.25, 0.3) is 0 Å². The summed E-state index contributed by atoms with van der Waals surface area (Å²) in [5, 5.41) is 8.36. The molecule has 0 heterocycles. The van der Waals surface area contributed by atoms with Crippen molar-refractivity contribution in [3.05, 3.63) is 0 Å². The molecule has 10 heavy (non-hydrogen) atoms. The second-order valence-corrected chi connectivity index (χ2v) is 2.16. The summed E-state index contributed by atoms with van der Waals surface area (Å²) in [4.78, 5) is 10.2. The molecule has 0 aliphatic heterocycles. The van der Waals surface area contributed by atoms with Crippen LogP contribution in [0, 0.1) is 0 Å². The fourth-order valence-corrected chi connectivity index (χ4v) is 0.462. The van der Waals surface area contributed by atoms with Crippen LogP contribution in [0.4, 0.5) is 0 Å². The molecule has 0 saturated carbocycles. The Hall–Kier alpha value is -0.610. The molecule has 60 valence electrons. The van der Waals surface area contributed by atoms with Crippen LogP contribution in [0.1, 0.15) is 13.8 Å². The molecular weight excluding hydrogens is 134 g/mol. The molecule has 0 aliphatic rings. The van der Waals surface area contributed by atoms with Gasteiger partial charge in [0.2, 0.25) is 0 Å². The molecule has 0 saturated heterocycles. The first-order valence-electron chi connectivity index (χ1n) is 3.16. The van der Waals surface area contributed by atoms with Crippen molar-refractivity contribution in [3.8, 4) is 0 Å². The van der Waals surface area contributed by atoms with E-state index in [1.807, 2.05) is 0 Å². The molecule has 0 aromatic carbocycles. The van der Waals surface area contributed by atoms with Gasteiger partial charge in [-0.15, -0.1) is 0 Å². The topological polar surface area (TPSA) is 72.5 Å². The summed E-state index contributed by atoms with van der Waals surface area (Å²) in [6.45, 7) is 3.56. The number of aliphatic carboxylic acids is 1. The van der Waals surface area contributed by atoms with E-state index in [4.69, 9.17) is 15.6 Å². The molecule has 0 amide bonds. The predicted octanol–water partition coefficient (Wildman–Crippen LogP) is -0.177. The Morgan fingerprint density at radius 2 is 2.20 bits per heavy atom. The van der Waals surface area contributed by atoms with Gasteiger partial charge in [-0.25, -0.2) is 4.79 Å². The maximum absolute atomic E-state index is 10.2. The first-order chi connectivity index (χ1) is 4.57. The van der Waals surface area contributed by atoms with E-state index < -0.39 is 12.1 Å². The largest absolute Gasteiger partial charge is 0.479 e. The molecule has 0 aliphatic carbocycles. The minimum atomic E-state index is -0.958. The van der Waals surface area contributed by atoms with Crippen molar-refractivity contribution in [1.29, 1.82) is 0 Å². The summed E-state index contributed by atoms with van der Waals surface area (Å²) in [6, 6.07) is 0. The summed E-state index contributed by atoms with van der Waals surface area (Å²) in [6.07, 6.45) is -0.954. The summed E-state index contributed by atoms with van der Waals surface area (Å²) in [5.41, 5.74) is 5.20. The molecule has 0 aromatic heterocycles. The summed E-state index contributed by atoms with van der Waals surface area (Å²) in [7, 11) is 0. The van der Waals surface area contributed by atoms with Gasteiger partial charge in [0, 0.05) is 6.54 Å². The third-order valence-corrected chi connectivity index (χ3v) is 1.12. The van der Waals surface area contributed by atoms with Gasteiger partial charge in [0.05, 0.1) is 6.10 Å². The van der Waals surface area contributed by atoms with E-state index in [2.05, 4.69) is 0 Å². The van der Waals surface area contributed by atoms with Crippen LogP contribution in [0.25, 0.3) is 0 Å². The maximum atomic E-state index is 10.2. The Bertz CT molecular complexity index is 116. The van der Waals surface area contributed by atoms with Gasteiger partial charge in [-0.2, -0.15) is 0 Å². The van der Waals surface area contributed by atoms with Crippen LogP contribution < -0.4 is 5.73 Å². The molecule has 0 fully saturated rings. The average Bonchev–Trinajstić information content (AvgIpc) is 1.87. The van der Waals surface area contributed by atoms with Crippen LogP contribution in [0.3, 0.4) is 0 Å². The summed E-state index contributed by atoms with van der Waals surface area (Å²) >= 11 is 0. The first kappa shape index (κ1) is 9.39. The van der Waals surface area contributed by atoms with Crippen molar-refractivity contribution in [2.75, 3.05) is 6.54 Å². The molecule has 0 radical (unpaired) electrons. The molecule has 3 N–H and O–H groups in total. The lowest BCUT2D eigenvalue weighted by Gasteiger charge is -2.13. The normalized spacial score (nSPS) is 16.3. The zero-order valence-corrected chi connectivity index (χ0v) is 6.20. The molecule has 2 atom stereocenters. The maximum Gasteiger partial charge on any atom is 0.332 e. The highest BCUT2D eigenvalue weighted by Crippen LogP contribution is 1.95. The van der Waals surface area contributed by atoms with E-state index in [-0.39, 0.29) is 6.10 Å². The third-order valence-electron chi connectivity index (χ3n) is 1.12. The summed E-state index contributed by atoms with van der Waals surface area (Å²) < 4.78 is 4.94. The van der Waals surface area contributed by atoms with Crippen molar-refractivity contribution in [2.45, 2.75) is 26.1 Å². The molecule has 4 heteroatoms. The Balaban J connectivity index is 3.56. The lowest BCUT2D eigenvalue weighted by Crippen LogP contribution is -2.29. The number of carboxylic acid groups (broad SMARTS) is 1. The minimum Gasteiger partial charge on any atom is -0.479 e. The van der Waals surface area contributed by atoms with E-state index in [1.165, 1.54) is 6.92 Å². The average molecular weight is 147 g/mol. The van der Waals surface area contributed by atoms with Crippen LogP contribution in [-0.4, -0.2) is 29.8 Å². The highest BCUT2D eigenvalue weighted by atomic mass is 16.5. The van der Waals surface area contributed by atoms with Gasteiger partial charge in [0.15, 0.2) is 6.10 Å². The van der Waals surface area contributed by atoms with E-state index in [0.29, 0.717) is 6.54 Å². The Morgan fingerprint density at radius 3 is 2.50 bits per heavy atom. The van der Waals surface area contributed by atoms with Gasteiger partial charge in [0.1, 0.15) is 0 Å². The molecule has 0 rings (SSSR count). The Labute approximate surface area is 60.0 Å². The SMILES string of the molecule is CC(CN)OC(C)C(=O)O. The minimum absolute atomic E-state index is 0.189. The number of hydrogen-bond acceptors (Lipinski definition) is 3. The molecule has 0 bridgehead atoms. The zero-order chi connectivity index (χ0) is 8.15. The number of carboxylic acids is 1. The smallest absolute Gasteiger partial charge is 0.332 e. The second-order valence-electron chi connectivity index (χ2n) is 2.16. The van der Waals surface area contributed by atoms with Gasteiger partial charge in [-0.3, -0.25) is 0 Å². The van der Waals surface area contributed by atoms with Crippen LogP contribution in [-0.2, 0) is 9.53 Å². The van der Waals surface area contributed by atoms with Crippen molar-refractivity contribution in [3.63, 3.8) is 0 Å². The first-order valence-corrected chi connectivity index (χ1v) is 3.16. The lowest BCUT2D eigenvalue weighted by molar-refractivity contribution is -0.151. The number of hydrogen-bond donors (Lipinski definition) is 2. The van der Waals surface area contributed by atoms with Crippen molar-refractivity contribution < 1.29 is 14.6 Å². The molecule has 4 nitrogen and oxygen atoms in total. The fourth-order valence-electron chi connectivity index (χ4n) is 0.462. The zero-order valence-electron chi connectivity index (χ0n) is 6.20. The molecule has 2 unspecified atom stereocenters. The Morgan fingerprint density at radius 1 is 1.70 bits per heavy atom. The monoisotopic (exact) mass is 147 g/mol. The summed E-state index contributed by atoms with van der Waals surface area (Å²) in [5.74, 6) is -0.958. The van der Waals surface area contributed by atoms with Crippen LogP contribution in [0.15, 0.2) is 0 Å². The van der Waals surface area contributed by atoms with Crippen molar-refractivity contribution in [2.24, 2.45) is 5.73 Å². The van der Waals surface area contributed by atoms with Gasteiger partial charge in [-0.05, 0) is 13.8 Å². The van der Waals surface area contributed by atoms with Crippen LogP contribution in [0.5, 0.6) is 0 Å². The number of carbonyl (C=O) groups is 1. The van der Waals surface area contributed by atoms with Gasteiger partial charge in [-0.1, -0.05) is 0 Å². The van der Waals surface area contributed by atoms with Gasteiger partial charge >= 0.3 is 5.97 Å². The van der Waals surface area contributed by atoms with Crippen LogP contribution in [0.2, 0.25) is 0 Å². The Kier molecular flexibility index (Phi) is 3.99. The van der Waals surface area contributed by atoms with E-state index in [9.17, 15) is 4.79 Å². The number of rotatable bonds is 4. The molecule has 0 aromatic rings. The van der Waals surface area contributed by atoms with E-state index >= 15 is 0 Å². The highest BCUT2D eigenvalue weighted by molar-refractivity contribution is 5.71. The number of ether oxygens (including phenoxy) is 1. The predicted molar refractivity (Wildman–Crippen MR) is 36.7 cm³/mol. The third kappa shape index (κ3) is 3.42. The second kappa shape index (κ2) is 4.24. The van der Waals surface area contributed by atoms with Crippen LogP contribution >= 0.6 is 0 Å². The fraction of sp³-hybridized carbons (Fsp3) is 0.833. The standard InChI is InChI=1S/C6H13NO3/c1-4(3-7)10-5(2)6(8)9/h4-5H,3,7H2,1-2H3,(H,8,9). The molecular formula is C6H13NO3. The van der Waals surface area contributed by atoms with E-state index in [0.717, 1.165) is 0 Å². The molecule has 0 spiro atoms. The quantitative estimate of drug-likeness (QED) is 0.578. The lowest BCUT2D eigenvalue weighted by atomic mass is 10.3. The highest BCUT2D eigenvalue weighted by Gasteiger charge is 2.13. The van der Waals surface area contributed by atoms with Crippen molar-refractivity contribution >= 4 is 5.97 Å². The van der Waals surface area contributed by atoms with E-state index in [1.54, 1.807) is 6.92 Å². The van der Waals surface area contributed by atoms with Gasteiger partial charge < -0.3 is 15.6 Å².